The van der Waals surface area contributed by atoms with E-state index >= 15 is 0 Å². The lowest BCUT2D eigenvalue weighted by Gasteiger charge is -2.35. The van der Waals surface area contributed by atoms with Gasteiger partial charge in [-0.2, -0.15) is 0 Å². The van der Waals surface area contributed by atoms with Crippen molar-refractivity contribution in [1.29, 1.82) is 0 Å². The number of aliphatic hydroxyl groups excluding tert-OH is 1. The maximum atomic E-state index is 11.5. The lowest BCUT2D eigenvalue weighted by atomic mass is 9.96. The number of rotatable bonds is 4. The fourth-order valence-corrected chi connectivity index (χ4v) is 2.15. The predicted molar refractivity (Wildman–Crippen MR) is 57.8 cm³/mol. The SMILES string of the molecule is CCC(C(=O)NN)N1CCC(CO)CC1. The van der Waals surface area contributed by atoms with E-state index in [1.165, 1.54) is 0 Å². The third kappa shape index (κ3) is 3.15. The molecule has 1 aliphatic rings. The molecule has 1 heterocycles. The highest BCUT2D eigenvalue weighted by Gasteiger charge is 2.27. The topological polar surface area (TPSA) is 78.6 Å². The third-order valence-corrected chi connectivity index (χ3v) is 3.18. The van der Waals surface area contributed by atoms with Gasteiger partial charge in [-0.25, -0.2) is 5.84 Å². The second kappa shape index (κ2) is 6.05. The minimum atomic E-state index is -0.116. The predicted octanol–water partition coefficient (Wildman–Crippen LogP) is -0.541. The number of likely N-dealkylation sites (tertiary alicyclic amines) is 1. The summed E-state index contributed by atoms with van der Waals surface area (Å²) in [6.45, 7) is 3.99. The monoisotopic (exact) mass is 215 g/mol. The van der Waals surface area contributed by atoms with Crippen LogP contribution in [0.15, 0.2) is 0 Å². The molecule has 0 aliphatic carbocycles. The highest BCUT2D eigenvalue weighted by atomic mass is 16.3. The molecule has 1 aliphatic heterocycles. The van der Waals surface area contributed by atoms with Crippen LogP contribution in [0.3, 0.4) is 0 Å². The van der Waals surface area contributed by atoms with Gasteiger partial charge < -0.3 is 5.11 Å². The van der Waals surface area contributed by atoms with Gasteiger partial charge in [0.05, 0.1) is 6.04 Å². The average molecular weight is 215 g/mol. The molecular weight excluding hydrogens is 194 g/mol. The number of aliphatic hydroxyl groups is 1. The zero-order chi connectivity index (χ0) is 11.3. The number of hydrogen-bond acceptors (Lipinski definition) is 4. The number of nitrogens with zero attached hydrogens (tertiary/aromatic N) is 1. The summed E-state index contributed by atoms with van der Waals surface area (Å²) >= 11 is 0. The molecule has 0 aromatic carbocycles. The molecule has 1 saturated heterocycles. The highest BCUT2D eigenvalue weighted by molar-refractivity contribution is 5.81. The van der Waals surface area contributed by atoms with Crippen LogP contribution in [0.25, 0.3) is 0 Å². The van der Waals surface area contributed by atoms with Crippen molar-refractivity contribution in [3.63, 3.8) is 0 Å². The van der Waals surface area contributed by atoms with E-state index in [2.05, 4.69) is 10.3 Å². The molecule has 5 heteroatoms. The first-order valence-corrected chi connectivity index (χ1v) is 5.58. The quantitative estimate of drug-likeness (QED) is 0.334. The minimum absolute atomic E-state index is 0.111. The van der Waals surface area contributed by atoms with Crippen molar-refractivity contribution >= 4 is 5.91 Å². The summed E-state index contributed by atoms with van der Waals surface area (Å²) in [6.07, 6.45) is 2.70. The van der Waals surface area contributed by atoms with E-state index in [1.807, 2.05) is 6.92 Å². The Morgan fingerprint density at radius 1 is 1.60 bits per heavy atom. The number of hydrazine groups is 1. The second-order valence-corrected chi connectivity index (χ2v) is 4.09. The Balaban J connectivity index is 2.46. The Morgan fingerprint density at radius 2 is 2.20 bits per heavy atom. The molecule has 1 amide bonds. The molecule has 0 spiro atoms. The van der Waals surface area contributed by atoms with Gasteiger partial charge in [0.25, 0.3) is 5.91 Å². The van der Waals surface area contributed by atoms with Gasteiger partial charge in [-0.05, 0) is 38.3 Å². The summed E-state index contributed by atoms with van der Waals surface area (Å²) in [6, 6.07) is -0.116. The van der Waals surface area contributed by atoms with E-state index in [0.29, 0.717) is 5.92 Å². The van der Waals surface area contributed by atoms with Gasteiger partial charge in [-0.3, -0.25) is 15.1 Å². The molecule has 1 fully saturated rings. The molecule has 0 saturated carbocycles. The van der Waals surface area contributed by atoms with Crippen molar-refractivity contribution in [3.8, 4) is 0 Å². The summed E-state index contributed by atoms with van der Waals surface area (Å²) in [5.41, 5.74) is 2.21. The van der Waals surface area contributed by atoms with E-state index in [9.17, 15) is 4.79 Å². The van der Waals surface area contributed by atoms with Gasteiger partial charge >= 0.3 is 0 Å². The van der Waals surface area contributed by atoms with Crippen molar-refractivity contribution in [1.82, 2.24) is 10.3 Å². The molecule has 0 aromatic heterocycles. The van der Waals surface area contributed by atoms with Crippen LogP contribution in [0, 0.1) is 5.92 Å². The number of piperidine rings is 1. The van der Waals surface area contributed by atoms with Crippen LogP contribution in [0.4, 0.5) is 0 Å². The average Bonchev–Trinajstić information content (AvgIpc) is 2.30. The van der Waals surface area contributed by atoms with Crippen LogP contribution in [-0.4, -0.2) is 41.7 Å². The molecule has 0 aromatic rings. The molecule has 1 atom stereocenters. The van der Waals surface area contributed by atoms with Crippen LogP contribution in [0.1, 0.15) is 26.2 Å². The number of nitrogens with one attached hydrogen (secondary N) is 1. The smallest absolute Gasteiger partial charge is 0.251 e. The van der Waals surface area contributed by atoms with E-state index in [-0.39, 0.29) is 18.6 Å². The van der Waals surface area contributed by atoms with Crippen LogP contribution in [0.5, 0.6) is 0 Å². The zero-order valence-electron chi connectivity index (χ0n) is 9.28. The Morgan fingerprint density at radius 3 is 2.60 bits per heavy atom. The molecule has 0 bridgehead atoms. The van der Waals surface area contributed by atoms with Crippen molar-refractivity contribution in [2.45, 2.75) is 32.2 Å². The van der Waals surface area contributed by atoms with Crippen molar-refractivity contribution in [3.05, 3.63) is 0 Å². The first-order valence-electron chi connectivity index (χ1n) is 5.58. The summed E-state index contributed by atoms with van der Waals surface area (Å²) in [7, 11) is 0. The maximum absolute atomic E-state index is 11.5. The first kappa shape index (κ1) is 12.4. The molecule has 5 nitrogen and oxygen atoms in total. The number of carbonyl (C=O) groups is 1. The molecule has 1 unspecified atom stereocenters. The number of nitrogens with two attached hydrogens (primary N) is 1. The van der Waals surface area contributed by atoms with Crippen molar-refractivity contribution < 1.29 is 9.90 Å². The third-order valence-electron chi connectivity index (χ3n) is 3.18. The molecule has 88 valence electrons. The molecule has 15 heavy (non-hydrogen) atoms. The summed E-state index contributed by atoms with van der Waals surface area (Å²) < 4.78 is 0. The molecular formula is C10H21N3O2. The van der Waals surface area contributed by atoms with Crippen molar-refractivity contribution in [2.24, 2.45) is 11.8 Å². The Kier molecular flexibility index (Phi) is 5.01. The van der Waals surface area contributed by atoms with Crippen molar-refractivity contribution in [2.75, 3.05) is 19.7 Å². The van der Waals surface area contributed by atoms with Gasteiger partial charge in [0, 0.05) is 6.61 Å². The Hall–Kier alpha value is -0.650. The Labute approximate surface area is 90.6 Å². The van der Waals surface area contributed by atoms with Gasteiger partial charge in [-0.15, -0.1) is 0 Å². The second-order valence-electron chi connectivity index (χ2n) is 4.09. The van der Waals surface area contributed by atoms with Gasteiger partial charge in [0.15, 0.2) is 0 Å². The fourth-order valence-electron chi connectivity index (χ4n) is 2.15. The van der Waals surface area contributed by atoms with Crippen LogP contribution in [-0.2, 0) is 4.79 Å². The highest BCUT2D eigenvalue weighted by Crippen LogP contribution is 2.19. The van der Waals surface area contributed by atoms with E-state index < -0.39 is 0 Å². The molecule has 4 N–H and O–H groups in total. The van der Waals surface area contributed by atoms with Crippen LogP contribution >= 0.6 is 0 Å². The van der Waals surface area contributed by atoms with Crippen LogP contribution in [0.2, 0.25) is 0 Å². The first-order chi connectivity index (χ1) is 7.22. The van der Waals surface area contributed by atoms with E-state index in [1.54, 1.807) is 0 Å². The number of amides is 1. The number of carbonyl (C=O) groups excluding carboxylic acids is 1. The zero-order valence-corrected chi connectivity index (χ0v) is 9.28. The van der Waals surface area contributed by atoms with Gasteiger partial charge in [0.2, 0.25) is 0 Å². The van der Waals surface area contributed by atoms with Gasteiger partial charge in [-0.1, -0.05) is 6.92 Å². The van der Waals surface area contributed by atoms with E-state index in [4.69, 9.17) is 10.9 Å². The Bertz CT molecular complexity index is 203. The summed E-state index contributed by atoms with van der Waals surface area (Å²) in [5, 5.41) is 9.01. The van der Waals surface area contributed by atoms with Gasteiger partial charge in [0.1, 0.15) is 0 Å². The largest absolute Gasteiger partial charge is 0.396 e. The lowest BCUT2D eigenvalue weighted by molar-refractivity contribution is -0.127. The van der Waals surface area contributed by atoms with Crippen LogP contribution < -0.4 is 11.3 Å². The fraction of sp³-hybridized carbons (Fsp3) is 0.900. The normalized spacial score (nSPS) is 21.3. The number of hydrogen-bond donors (Lipinski definition) is 3. The molecule has 1 rings (SSSR count). The summed E-state index contributed by atoms with van der Waals surface area (Å²) in [5.74, 6) is 5.43. The van der Waals surface area contributed by atoms with E-state index in [0.717, 1.165) is 32.4 Å². The lowest BCUT2D eigenvalue weighted by Crippen LogP contribution is -2.51. The summed E-state index contributed by atoms with van der Waals surface area (Å²) in [4.78, 5) is 13.6. The maximum Gasteiger partial charge on any atom is 0.251 e. The minimum Gasteiger partial charge on any atom is -0.396 e. The molecule has 0 radical (unpaired) electrons. The standard InChI is InChI=1S/C10H21N3O2/c1-2-9(10(15)12-11)13-5-3-8(7-14)4-6-13/h8-9,14H,2-7,11H2,1H3,(H,12,15).